The van der Waals surface area contributed by atoms with Gasteiger partial charge >= 0.3 is 0 Å². The highest BCUT2D eigenvalue weighted by atomic mass is 28.3. The van der Waals surface area contributed by atoms with Gasteiger partial charge in [-0.2, -0.15) is 0 Å². The number of benzene rings is 2. The van der Waals surface area contributed by atoms with Gasteiger partial charge in [0.1, 0.15) is 5.82 Å². The Hall–Kier alpha value is -3.85. The quantitative estimate of drug-likeness (QED) is 0.543. The molecule has 0 fully saturated rings. The summed E-state index contributed by atoms with van der Waals surface area (Å²) in [6.07, 6.45) is 3.58. The highest BCUT2D eigenvalue weighted by Gasteiger charge is 2.49. The number of hydrogen-bond donors (Lipinski definition) is 2. The molecule has 1 aliphatic rings. The lowest BCUT2D eigenvalue weighted by molar-refractivity contribution is -0.134. The molecule has 0 spiro atoms. The maximum absolute atomic E-state index is 13.5. The van der Waals surface area contributed by atoms with Crippen LogP contribution in [-0.4, -0.2) is 52.9 Å². The van der Waals surface area contributed by atoms with Crippen LogP contribution in [0, 0.1) is 6.92 Å². The predicted molar refractivity (Wildman–Crippen MR) is 140 cm³/mol. The first-order chi connectivity index (χ1) is 16.4. The van der Waals surface area contributed by atoms with Gasteiger partial charge in [-0.25, -0.2) is 15.0 Å². The van der Waals surface area contributed by atoms with Crippen molar-refractivity contribution in [3.05, 3.63) is 77.9 Å². The summed E-state index contributed by atoms with van der Waals surface area (Å²) < 4.78 is 0. The van der Waals surface area contributed by atoms with Crippen molar-refractivity contribution in [1.82, 2.24) is 14.9 Å². The van der Waals surface area contributed by atoms with E-state index in [4.69, 9.17) is 20.6 Å². The van der Waals surface area contributed by atoms with E-state index in [1.54, 1.807) is 19.4 Å². The van der Waals surface area contributed by atoms with Gasteiger partial charge in [0.2, 0.25) is 0 Å². The van der Waals surface area contributed by atoms with Crippen molar-refractivity contribution in [2.24, 2.45) is 10.7 Å². The molecule has 0 saturated carbocycles. The second-order valence-corrected chi connectivity index (χ2v) is 14.6. The molecule has 0 bridgehead atoms. The molecule has 35 heavy (non-hydrogen) atoms. The van der Waals surface area contributed by atoms with Gasteiger partial charge in [-0.05, 0) is 29.7 Å². The highest BCUT2D eigenvalue weighted by molar-refractivity contribution is 6.88. The van der Waals surface area contributed by atoms with Gasteiger partial charge < -0.3 is 10.8 Å². The molecule has 1 aromatic heterocycles. The first kappa shape index (κ1) is 25.8. The zero-order valence-electron chi connectivity index (χ0n) is 20.9. The Morgan fingerprint density at radius 2 is 1.57 bits per heavy atom. The van der Waals surface area contributed by atoms with Gasteiger partial charge in [-0.15, -0.1) is 0 Å². The van der Waals surface area contributed by atoms with Crippen molar-refractivity contribution in [2.45, 2.75) is 39.0 Å². The van der Waals surface area contributed by atoms with Crippen LogP contribution < -0.4 is 10.9 Å². The van der Waals surface area contributed by atoms with Gasteiger partial charge in [-0.1, -0.05) is 67.3 Å². The Balaban J connectivity index is 0.000000795. The van der Waals surface area contributed by atoms with Crippen molar-refractivity contribution >= 4 is 31.1 Å². The number of carbonyl (C=O) groups is 2. The SMILES string of the molecule is CC(=O)O.Cc1ncc(-c2cccc(C3(c4ccc([Si](C)(C)C)cc4)N=C(N)N(C)C3=O)c2)cn1. The monoisotopic (exact) mass is 489 g/mol. The van der Waals surface area contributed by atoms with Gasteiger partial charge in [0.15, 0.2) is 11.5 Å². The Labute approximate surface area is 206 Å². The fraction of sp³-hybridized carbons (Fsp3) is 0.269. The van der Waals surface area contributed by atoms with E-state index in [9.17, 15) is 4.79 Å². The second kappa shape index (κ2) is 9.79. The summed E-state index contributed by atoms with van der Waals surface area (Å²) in [5.41, 5.74) is 8.30. The van der Waals surface area contributed by atoms with E-state index in [0.717, 1.165) is 29.2 Å². The van der Waals surface area contributed by atoms with E-state index in [1.165, 1.54) is 10.1 Å². The third-order valence-electron chi connectivity index (χ3n) is 5.80. The Kier molecular flexibility index (Phi) is 7.21. The van der Waals surface area contributed by atoms with E-state index in [-0.39, 0.29) is 11.9 Å². The minimum Gasteiger partial charge on any atom is -0.481 e. The molecule has 0 saturated heterocycles. The molecule has 1 aliphatic heterocycles. The van der Waals surface area contributed by atoms with Gasteiger partial charge in [-0.3, -0.25) is 14.5 Å². The Morgan fingerprint density at radius 3 is 2.06 bits per heavy atom. The Bertz CT molecular complexity index is 1260. The maximum Gasteiger partial charge on any atom is 0.300 e. The third kappa shape index (κ3) is 5.30. The minimum atomic E-state index is -1.47. The number of guanidine groups is 1. The van der Waals surface area contributed by atoms with Crippen molar-refractivity contribution in [1.29, 1.82) is 0 Å². The topological polar surface area (TPSA) is 122 Å². The van der Waals surface area contributed by atoms with E-state index in [2.05, 4.69) is 41.7 Å². The molecule has 182 valence electrons. The molecule has 3 aromatic rings. The average Bonchev–Trinajstić information content (AvgIpc) is 3.03. The molecule has 0 aliphatic carbocycles. The smallest absolute Gasteiger partial charge is 0.300 e. The zero-order valence-corrected chi connectivity index (χ0v) is 21.9. The number of rotatable bonds is 4. The van der Waals surface area contributed by atoms with Crippen LogP contribution in [0.2, 0.25) is 19.6 Å². The molecule has 8 nitrogen and oxygen atoms in total. The lowest BCUT2D eigenvalue weighted by atomic mass is 9.82. The van der Waals surface area contributed by atoms with Crippen LogP contribution >= 0.6 is 0 Å². The van der Waals surface area contributed by atoms with Crippen LogP contribution in [0.15, 0.2) is 65.9 Å². The molecule has 4 rings (SSSR count). The lowest BCUT2D eigenvalue weighted by Crippen LogP contribution is -2.42. The number of carboxylic acid groups (broad SMARTS) is 1. The van der Waals surface area contributed by atoms with E-state index >= 15 is 0 Å². The summed E-state index contributed by atoms with van der Waals surface area (Å²) in [4.78, 5) is 37.3. The summed E-state index contributed by atoms with van der Waals surface area (Å²) >= 11 is 0. The van der Waals surface area contributed by atoms with Crippen LogP contribution in [0.5, 0.6) is 0 Å². The van der Waals surface area contributed by atoms with E-state index in [0.29, 0.717) is 5.82 Å². The summed E-state index contributed by atoms with van der Waals surface area (Å²) in [5, 5.41) is 8.74. The van der Waals surface area contributed by atoms with Crippen molar-refractivity contribution < 1.29 is 14.7 Å². The molecule has 3 N–H and O–H groups in total. The van der Waals surface area contributed by atoms with Gasteiger partial charge in [0.25, 0.3) is 11.9 Å². The minimum absolute atomic E-state index is 0.164. The molecule has 2 heterocycles. The summed E-state index contributed by atoms with van der Waals surface area (Å²) in [7, 11) is 0.193. The van der Waals surface area contributed by atoms with Crippen molar-refractivity contribution in [3.8, 4) is 11.1 Å². The van der Waals surface area contributed by atoms with Crippen LogP contribution in [-0.2, 0) is 15.1 Å². The number of nitrogens with two attached hydrogens (primary N) is 1. The number of carboxylic acids is 1. The number of aromatic nitrogens is 2. The fourth-order valence-corrected chi connectivity index (χ4v) is 5.03. The summed E-state index contributed by atoms with van der Waals surface area (Å²) in [5.74, 6) is -0.0739. The highest BCUT2D eigenvalue weighted by Crippen LogP contribution is 2.40. The van der Waals surface area contributed by atoms with Crippen molar-refractivity contribution in [2.75, 3.05) is 7.05 Å². The van der Waals surface area contributed by atoms with Crippen LogP contribution in [0.3, 0.4) is 0 Å². The zero-order chi connectivity index (χ0) is 26.0. The average molecular weight is 490 g/mol. The number of aliphatic carboxylic acids is 1. The van der Waals surface area contributed by atoms with Crippen LogP contribution in [0.25, 0.3) is 11.1 Å². The molecule has 1 atom stereocenters. The normalized spacial score (nSPS) is 17.5. The number of nitrogens with zero attached hydrogens (tertiary/aromatic N) is 4. The van der Waals surface area contributed by atoms with Gasteiger partial charge in [0.05, 0.1) is 8.07 Å². The number of carbonyl (C=O) groups excluding carboxylic acids is 1. The first-order valence-corrected chi connectivity index (χ1v) is 14.7. The molecular weight excluding hydrogens is 458 g/mol. The number of aliphatic imine (C=N–C) groups is 1. The number of aryl methyl sites for hydroxylation is 1. The second-order valence-electron chi connectivity index (χ2n) is 9.49. The van der Waals surface area contributed by atoms with E-state index < -0.39 is 19.6 Å². The maximum atomic E-state index is 13.5. The molecule has 1 amide bonds. The number of likely N-dealkylation sites (N-methyl/N-ethyl adjacent to an activating group) is 1. The third-order valence-corrected chi connectivity index (χ3v) is 7.87. The first-order valence-electron chi connectivity index (χ1n) is 11.2. The fourth-order valence-electron chi connectivity index (χ4n) is 3.86. The summed E-state index contributed by atoms with van der Waals surface area (Å²) in [6.45, 7) is 9.84. The lowest BCUT2D eigenvalue weighted by Gasteiger charge is -2.27. The van der Waals surface area contributed by atoms with Gasteiger partial charge in [0, 0.05) is 31.9 Å². The predicted octanol–water partition coefficient (Wildman–Crippen LogP) is 3.12. The van der Waals surface area contributed by atoms with Crippen LogP contribution in [0.1, 0.15) is 23.9 Å². The Morgan fingerprint density at radius 1 is 1.00 bits per heavy atom. The van der Waals surface area contributed by atoms with Crippen molar-refractivity contribution in [3.63, 3.8) is 0 Å². The molecule has 9 heteroatoms. The number of amides is 1. The summed E-state index contributed by atoms with van der Waals surface area (Å²) in [6, 6.07) is 16.1. The van der Waals surface area contributed by atoms with Crippen LogP contribution in [0.4, 0.5) is 0 Å². The molecule has 0 radical (unpaired) electrons. The largest absolute Gasteiger partial charge is 0.481 e. The molecule has 2 aromatic carbocycles. The molecule has 1 unspecified atom stereocenters. The standard InChI is InChI=1S/C24H27N5OSi.C2H4O2/c1-16-26-14-18(15-27-16)17-7-6-8-20(13-17)24(22(30)29(2)23(25)28-24)19-9-11-21(12-10-19)31(3,4)5;1-2(3)4/h6-15H,1-5H3,(H2,25,28);1H3,(H,3,4). The number of hydrogen-bond acceptors (Lipinski definition) is 6. The molecular formula is C26H31N5O3Si. The van der Waals surface area contributed by atoms with E-state index in [1.807, 2.05) is 43.3 Å².